The second-order valence-corrected chi connectivity index (χ2v) is 30.6. The van der Waals surface area contributed by atoms with Gasteiger partial charge in [-0.25, -0.2) is 9.13 Å². The van der Waals surface area contributed by atoms with E-state index in [1.165, 1.54) is 186 Å². The van der Waals surface area contributed by atoms with Gasteiger partial charge in [0.1, 0.15) is 19.3 Å². The summed E-state index contributed by atoms with van der Waals surface area (Å²) < 4.78 is 68.3. The largest absolute Gasteiger partial charge is 0.472 e. The molecule has 17 nitrogen and oxygen atoms in total. The maximum absolute atomic E-state index is 13.1. The second-order valence-electron chi connectivity index (χ2n) is 27.6. The van der Waals surface area contributed by atoms with E-state index in [-0.39, 0.29) is 25.7 Å². The number of hydrogen-bond donors (Lipinski definition) is 3. The molecule has 0 rings (SSSR count). The highest BCUT2D eigenvalue weighted by Crippen LogP contribution is 2.45. The Morgan fingerprint density at radius 1 is 0.312 bits per heavy atom. The molecule has 0 spiro atoms. The molecule has 3 N–H and O–H groups in total. The van der Waals surface area contributed by atoms with Crippen molar-refractivity contribution in [1.29, 1.82) is 0 Å². The van der Waals surface area contributed by atoms with Gasteiger partial charge >= 0.3 is 39.5 Å². The van der Waals surface area contributed by atoms with Gasteiger partial charge in [0, 0.05) is 25.7 Å². The number of carbonyl (C=O) groups is 4. The van der Waals surface area contributed by atoms with E-state index in [0.29, 0.717) is 31.6 Å². The number of ether oxygens (including phenoxy) is 4. The lowest BCUT2D eigenvalue weighted by Gasteiger charge is -2.21. The van der Waals surface area contributed by atoms with Gasteiger partial charge in [-0.15, -0.1) is 0 Å². The van der Waals surface area contributed by atoms with Crippen molar-refractivity contribution in [2.45, 2.75) is 394 Å². The molecular weight excluding hydrogens is 1220 g/mol. The molecule has 0 fully saturated rings. The first-order valence-electron chi connectivity index (χ1n) is 38.4. The molecule has 4 unspecified atom stereocenters. The number of aliphatic hydroxyl groups is 1. The first kappa shape index (κ1) is 91.1. The average molecular weight is 1370 g/mol. The summed E-state index contributed by atoms with van der Waals surface area (Å²) in [5, 5.41) is 10.6. The molecule has 0 aromatic rings. The summed E-state index contributed by atoms with van der Waals surface area (Å²) in [6, 6.07) is 0. The molecule has 0 aromatic heterocycles. The van der Waals surface area contributed by atoms with Crippen LogP contribution < -0.4 is 0 Å². The van der Waals surface area contributed by atoms with E-state index in [4.69, 9.17) is 37.0 Å². The van der Waals surface area contributed by atoms with Crippen molar-refractivity contribution in [2.75, 3.05) is 39.6 Å². The Bertz CT molecular complexity index is 1820. The number of unbranched alkanes of at least 4 members (excludes halogenated alkanes) is 38. The van der Waals surface area contributed by atoms with Crippen LogP contribution in [0.4, 0.5) is 0 Å². The van der Waals surface area contributed by atoms with Gasteiger partial charge in [-0.1, -0.05) is 325 Å². The number of carbonyl (C=O) groups excluding carboxylic acids is 4. The molecule has 0 aliphatic rings. The van der Waals surface area contributed by atoms with E-state index in [0.717, 1.165) is 102 Å². The minimum atomic E-state index is -4.96. The molecule has 0 aromatic carbocycles. The highest BCUT2D eigenvalue weighted by Gasteiger charge is 2.30. The van der Waals surface area contributed by atoms with Gasteiger partial charge in [0.2, 0.25) is 0 Å². The highest BCUT2D eigenvalue weighted by molar-refractivity contribution is 7.47. The van der Waals surface area contributed by atoms with E-state index in [9.17, 15) is 43.2 Å². The molecule has 0 radical (unpaired) electrons. The molecule has 0 saturated carbocycles. The van der Waals surface area contributed by atoms with Crippen LogP contribution in [-0.4, -0.2) is 96.7 Å². The number of phosphoric acid groups is 2. The van der Waals surface area contributed by atoms with Crippen LogP contribution in [0, 0.1) is 17.8 Å². The fourth-order valence-corrected chi connectivity index (χ4v) is 12.8. The zero-order valence-corrected chi connectivity index (χ0v) is 62.5. The number of hydrogen-bond acceptors (Lipinski definition) is 15. The monoisotopic (exact) mass is 1370 g/mol. The summed E-state index contributed by atoms with van der Waals surface area (Å²) in [4.78, 5) is 72.6. The third-order valence-electron chi connectivity index (χ3n) is 17.9. The minimum absolute atomic E-state index is 0.103. The Hall–Kier alpha value is -1.94. The molecular formula is C74H144O17P2. The molecule has 0 heterocycles. The van der Waals surface area contributed by atoms with Crippen LogP contribution >= 0.6 is 15.6 Å². The van der Waals surface area contributed by atoms with Gasteiger partial charge in [0.05, 0.1) is 26.4 Å². The van der Waals surface area contributed by atoms with Crippen LogP contribution in [0.25, 0.3) is 0 Å². The van der Waals surface area contributed by atoms with Crippen LogP contribution in [0.1, 0.15) is 376 Å². The molecule has 19 heteroatoms. The molecule has 0 amide bonds. The van der Waals surface area contributed by atoms with Crippen molar-refractivity contribution in [3.05, 3.63) is 0 Å². The first-order valence-corrected chi connectivity index (χ1v) is 41.4. The first-order chi connectivity index (χ1) is 44.8. The van der Waals surface area contributed by atoms with Crippen molar-refractivity contribution >= 4 is 39.5 Å². The van der Waals surface area contributed by atoms with Crippen molar-refractivity contribution in [1.82, 2.24) is 0 Å². The Morgan fingerprint density at radius 2 is 0.548 bits per heavy atom. The molecule has 0 aliphatic carbocycles. The van der Waals surface area contributed by atoms with E-state index < -0.39 is 97.5 Å². The van der Waals surface area contributed by atoms with Gasteiger partial charge < -0.3 is 33.8 Å². The predicted molar refractivity (Wildman–Crippen MR) is 377 cm³/mol. The minimum Gasteiger partial charge on any atom is -0.462 e. The zero-order chi connectivity index (χ0) is 68.7. The van der Waals surface area contributed by atoms with Gasteiger partial charge in [-0.3, -0.25) is 37.3 Å². The maximum atomic E-state index is 13.1. The van der Waals surface area contributed by atoms with E-state index in [2.05, 4.69) is 48.5 Å². The molecule has 0 bridgehead atoms. The third kappa shape index (κ3) is 65.8. The van der Waals surface area contributed by atoms with Crippen molar-refractivity contribution < 1.29 is 80.2 Å². The Labute approximate surface area is 568 Å². The third-order valence-corrected chi connectivity index (χ3v) is 19.8. The molecule has 0 saturated heterocycles. The SMILES string of the molecule is CCCCCCCCCCCC(=O)OC[C@H](COP(=O)(O)OC[C@H](O)COP(=O)(O)OC[C@@H](COC(=O)CCCCCCCCCCC(C)CC)OC(=O)CCCCCCCCCCCCCCCCCCCCC(C)CC)OC(=O)CCCCCCCCCC(C)C. The van der Waals surface area contributed by atoms with Gasteiger partial charge in [0.25, 0.3) is 0 Å². The van der Waals surface area contributed by atoms with E-state index >= 15 is 0 Å². The Kier molecular flexibility index (Phi) is 63.4. The fourth-order valence-electron chi connectivity index (χ4n) is 11.2. The van der Waals surface area contributed by atoms with Crippen LogP contribution in [-0.2, 0) is 65.4 Å². The van der Waals surface area contributed by atoms with Crippen LogP contribution in [0.2, 0.25) is 0 Å². The summed E-state index contributed by atoms with van der Waals surface area (Å²) >= 11 is 0. The standard InChI is InChI=1S/C74H144O17P2/c1-8-11-12-13-14-25-34-41-48-55-71(76)84-62-70(91-74(79)58-51-44-37-30-31-38-45-52-65(4)5)64-89-93(82,83)87-60-68(75)59-86-92(80,81)88-63-69(61-85-72(77)56-49-42-35-29-28-33-40-47-54-67(7)10-3)90-73(78)57-50-43-36-27-24-22-20-18-16-15-17-19-21-23-26-32-39-46-53-66(6)9-2/h65-70,75H,8-64H2,1-7H3,(H,80,81)(H,82,83)/t66?,67?,68-,69-,70-/m1/s1. The van der Waals surface area contributed by atoms with E-state index in [1.807, 2.05) is 0 Å². The van der Waals surface area contributed by atoms with Gasteiger partial charge in [-0.2, -0.15) is 0 Å². The van der Waals surface area contributed by atoms with Crippen molar-refractivity contribution in [3.8, 4) is 0 Å². The smallest absolute Gasteiger partial charge is 0.462 e. The summed E-state index contributed by atoms with van der Waals surface area (Å²) in [5.74, 6) is 0.219. The van der Waals surface area contributed by atoms with Crippen LogP contribution in [0.15, 0.2) is 0 Å². The van der Waals surface area contributed by atoms with Crippen molar-refractivity contribution in [2.24, 2.45) is 17.8 Å². The zero-order valence-electron chi connectivity index (χ0n) is 60.7. The second kappa shape index (κ2) is 64.7. The highest BCUT2D eigenvalue weighted by atomic mass is 31.2. The Balaban J connectivity index is 5.16. The number of phosphoric ester groups is 2. The summed E-state index contributed by atoms with van der Waals surface area (Å²) in [7, 11) is -9.90. The molecule has 552 valence electrons. The lowest BCUT2D eigenvalue weighted by atomic mass is 9.99. The molecule has 93 heavy (non-hydrogen) atoms. The topological polar surface area (TPSA) is 237 Å². The van der Waals surface area contributed by atoms with E-state index in [1.54, 1.807) is 0 Å². The summed E-state index contributed by atoms with van der Waals surface area (Å²) in [6.07, 6.45) is 50.1. The molecule has 7 atom stereocenters. The molecule has 0 aliphatic heterocycles. The average Bonchev–Trinajstić information content (AvgIpc) is 3.31. The maximum Gasteiger partial charge on any atom is 0.472 e. The summed E-state index contributed by atoms with van der Waals surface area (Å²) in [6.45, 7) is 11.9. The number of rotatable bonds is 72. The number of aliphatic hydroxyl groups excluding tert-OH is 1. The van der Waals surface area contributed by atoms with Crippen LogP contribution in [0.5, 0.6) is 0 Å². The normalized spacial score (nSPS) is 14.7. The quantitative estimate of drug-likeness (QED) is 0.0222. The lowest BCUT2D eigenvalue weighted by molar-refractivity contribution is -0.161. The van der Waals surface area contributed by atoms with Gasteiger partial charge in [0.15, 0.2) is 12.2 Å². The summed E-state index contributed by atoms with van der Waals surface area (Å²) in [5.41, 5.74) is 0. The fraction of sp³-hybridized carbons (Fsp3) is 0.946. The van der Waals surface area contributed by atoms with Crippen molar-refractivity contribution in [3.63, 3.8) is 0 Å². The Morgan fingerprint density at radius 3 is 0.817 bits per heavy atom. The van der Waals surface area contributed by atoms with Crippen LogP contribution in [0.3, 0.4) is 0 Å². The predicted octanol–water partition coefficient (Wildman–Crippen LogP) is 21.4. The number of esters is 4. The van der Waals surface area contributed by atoms with Gasteiger partial charge in [-0.05, 0) is 43.4 Å². The lowest BCUT2D eigenvalue weighted by Crippen LogP contribution is -2.30.